The Balaban J connectivity index is 0.926. The van der Waals surface area contributed by atoms with E-state index in [9.17, 15) is 28.8 Å². The van der Waals surface area contributed by atoms with Crippen molar-refractivity contribution in [3.63, 3.8) is 0 Å². The molecule has 450 valence electrons. The summed E-state index contributed by atoms with van der Waals surface area (Å²) in [6.07, 6.45) is -4.70. The van der Waals surface area contributed by atoms with E-state index in [-0.39, 0.29) is 45.8 Å². The highest BCUT2D eigenvalue weighted by atomic mass is 16.8. The van der Waals surface area contributed by atoms with Crippen molar-refractivity contribution in [1.29, 1.82) is 0 Å². The molecule has 9 aliphatic rings. The van der Waals surface area contributed by atoms with Gasteiger partial charge in [0.1, 0.15) is 12.7 Å². The zero-order valence-corrected chi connectivity index (χ0v) is 49.0. The first kappa shape index (κ1) is 59.5. The van der Waals surface area contributed by atoms with Gasteiger partial charge in [-0.1, -0.05) is 91.7 Å². The highest BCUT2D eigenvalue weighted by molar-refractivity contribution is 5.91. The molecule has 5 heterocycles. The summed E-state index contributed by atoms with van der Waals surface area (Å²) in [5, 5.41) is 0. The fourth-order valence-corrected chi connectivity index (χ4v) is 15.9. The Bertz CT molecular complexity index is 2960. The maximum absolute atomic E-state index is 14.4. The summed E-state index contributed by atoms with van der Waals surface area (Å²) < 4.78 is 77.4. The van der Waals surface area contributed by atoms with Crippen LogP contribution in [0.25, 0.3) is 0 Å². The second-order valence-electron chi connectivity index (χ2n) is 24.8. The van der Waals surface area contributed by atoms with Crippen molar-refractivity contribution in [3.8, 4) is 0 Å². The van der Waals surface area contributed by atoms with E-state index in [4.69, 9.17) is 56.8 Å². The third kappa shape index (κ3) is 11.7. The molecule has 3 saturated carbocycles. The molecule has 0 N–H and O–H groups in total. The van der Waals surface area contributed by atoms with E-state index in [1.165, 1.54) is 56.2 Å². The van der Waals surface area contributed by atoms with Gasteiger partial charge in [-0.25, -0.2) is 14.4 Å². The molecule has 3 aromatic carbocycles. The van der Waals surface area contributed by atoms with Crippen LogP contribution in [0.15, 0.2) is 114 Å². The van der Waals surface area contributed by atoms with Gasteiger partial charge in [0.15, 0.2) is 55.5 Å². The zero-order valence-electron chi connectivity index (χ0n) is 49.0. The van der Waals surface area contributed by atoms with Crippen LogP contribution in [0.3, 0.4) is 0 Å². The number of carbonyl (C=O) groups excluding carboxylic acids is 6. The van der Waals surface area contributed by atoms with Crippen molar-refractivity contribution >= 4 is 35.8 Å². The van der Waals surface area contributed by atoms with Crippen molar-refractivity contribution in [2.75, 3.05) is 13.2 Å². The Hall–Kier alpha value is -6.28. The lowest BCUT2D eigenvalue weighted by atomic mass is 9.46. The van der Waals surface area contributed by atoms with Crippen LogP contribution >= 0.6 is 0 Å². The van der Waals surface area contributed by atoms with Crippen LogP contribution in [0.5, 0.6) is 0 Å². The topological polar surface area (TPSA) is 213 Å². The Kier molecular flexibility index (Phi) is 17.4. The molecule has 21 atom stereocenters. The molecule has 4 bridgehead atoms. The lowest BCUT2D eigenvalue weighted by Gasteiger charge is -2.59. The molecule has 2 unspecified atom stereocenters. The number of esters is 6. The van der Waals surface area contributed by atoms with Crippen LogP contribution in [0.1, 0.15) is 131 Å². The summed E-state index contributed by atoms with van der Waals surface area (Å²) in [4.78, 5) is 81.5. The molecule has 84 heavy (non-hydrogen) atoms. The summed E-state index contributed by atoms with van der Waals surface area (Å²) >= 11 is 0. The van der Waals surface area contributed by atoms with Crippen molar-refractivity contribution in [3.05, 3.63) is 131 Å². The van der Waals surface area contributed by atoms with Crippen LogP contribution in [-0.4, -0.2) is 129 Å². The summed E-state index contributed by atoms with van der Waals surface area (Å²) in [7, 11) is 0. The molecule has 18 nitrogen and oxygen atoms in total. The van der Waals surface area contributed by atoms with Gasteiger partial charge in [0.25, 0.3) is 0 Å². The third-order valence-electron chi connectivity index (χ3n) is 19.5. The summed E-state index contributed by atoms with van der Waals surface area (Å²) in [5.74, 6) is -2.31. The van der Waals surface area contributed by atoms with Crippen molar-refractivity contribution in [1.82, 2.24) is 0 Å². The number of benzene rings is 3. The number of allylic oxidation sites excluding steroid dienone is 2. The highest BCUT2D eigenvalue weighted by Crippen LogP contribution is 2.70. The van der Waals surface area contributed by atoms with Crippen molar-refractivity contribution in [2.24, 2.45) is 46.3 Å². The molecule has 4 aliphatic carbocycles. The second-order valence-corrected chi connectivity index (χ2v) is 24.8. The second kappa shape index (κ2) is 24.6. The number of rotatable bonds is 15. The number of carbonyl (C=O) groups is 6. The summed E-state index contributed by atoms with van der Waals surface area (Å²) in [6, 6.07) is 24.4. The van der Waals surface area contributed by atoms with Gasteiger partial charge in [-0.3, -0.25) is 14.4 Å². The average Bonchev–Trinajstić information content (AvgIpc) is 1.62. The largest absolute Gasteiger partial charge is 0.463 e. The number of ether oxygens (including phenoxy) is 12. The smallest absolute Gasteiger partial charge is 0.338 e. The molecule has 0 aromatic heterocycles. The predicted molar refractivity (Wildman–Crippen MR) is 299 cm³/mol. The number of hydrogen-bond donors (Lipinski definition) is 0. The van der Waals surface area contributed by atoms with Gasteiger partial charge in [-0.2, -0.15) is 0 Å². The molecular weight excluding hydrogens is 1080 g/mol. The Morgan fingerprint density at radius 1 is 0.607 bits per heavy atom. The van der Waals surface area contributed by atoms with Gasteiger partial charge in [0, 0.05) is 32.1 Å². The molecule has 5 aliphatic heterocycles. The van der Waals surface area contributed by atoms with Gasteiger partial charge >= 0.3 is 35.8 Å². The third-order valence-corrected chi connectivity index (χ3v) is 19.5. The number of hydrogen-bond acceptors (Lipinski definition) is 18. The molecule has 0 amide bonds. The SMILES string of the molecule is CC(=O)OC[C@H]1OC(O[C@H]2CC[C@@]3(C)C(=CC[C@H]4[C@@H]5C[C@@H]6OC7OC[C@@]5(CC[C@@H]43)[C@H]6[C@H](C)[C@H]7C=C(C)C)C2)[C@H](O[C@@H]2O[C@@H](C)[C@H](OC(=O)c3ccccc3)[C@@H](OC(=O)c3ccccc3)[C@H]2OC(=O)c2ccccc2)[C@@H](OC(C)=O)[C@@H]1OC(C)=O. The number of fused-ring (bicyclic) bond motifs is 6. The molecule has 1 spiro atoms. The Morgan fingerprint density at radius 3 is 1.77 bits per heavy atom. The lowest BCUT2D eigenvalue weighted by molar-refractivity contribution is -0.369. The zero-order chi connectivity index (χ0) is 59.2. The minimum Gasteiger partial charge on any atom is -0.463 e. The standard InChI is InChI=1S/C66H78O18/c1-35(2)30-47-36(3)52-50-32-49-46-25-24-44-31-45(26-28-65(44,8)48(46)27-29-66(49,52)34-74-62(47)79-50)78-64-58(56(77-40(7)69)54(76-39(6)68)51(80-64)33-73-38(5)67)84-63-57(83-61(72)43-22-16-11-17-23-43)55(82-60(71)42-20-14-10-15-21-42)53(37(4)75-63)81-59(70)41-18-12-9-13-19-41/h9-24,30,36-37,45-58,62-64H,25-29,31-34H2,1-8H3/t36-,37+,45+,46-,47-,48+,49+,50+,51-,52+,53+,54-,55-,56+,57-,58-,62?,63+,64?,65+,66-/m1/s1. The summed E-state index contributed by atoms with van der Waals surface area (Å²) in [5.41, 5.74) is 2.92. The van der Waals surface area contributed by atoms with Crippen molar-refractivity contribution < 1.29 is 85.6 Å². The molecule has 0 radical (unpaired) electrons. The van der Waals surface area contributed by atoms with Gasteiger partial charge in [0.05, 0.1) is 41.6 Å². The maximum atomic E-state index is 14.4. The lowest BCUT2D eigenvalue weighted by Crippen LogP contribution is -2.67. The average molecular weight is 1160 g/mol. The van der Waals surface area contributed by atoms with E-state index >= 15 is 0 Å². The van der Waals surface area contributed by atoms with Gasteiger partial charge in [-0.15, -0.1) is 0 Å². The molecule has 18 heteroatoms. The fraction of sp³-hybridized carbons (Fsp3) is 0.576. The van der Waals surface area contributed by atoms with E-state index in [0.717, 1.165) is 38.7 Å². The van der Waals surface area contributed by atoms with Gasteiger partial charge in [-0.05, 0) is 137 Å². The molecule has 12 rings (SSSR count). The molecule has 3 aromatic rings. The Morgan fingerprint density at radius 2 is 1.18 bits per heavy atom. The van der Waals surface area contributed by atoms with E-state index in [1.807, 2.05) is 0 Å². The van der Waals surface area contributed by atoms with Crippen LogP contribution in [0, 0.1) is 46.3 Å². The maximum Gasteiger partial charge on any atom is 0.338 e. The van der Waals surface area contributed by atoms with Crippen LogP contribution in [0.4, 0.5) is 0 Å². The first-order valence-corrected chi connectivity index (χ1v) is 29.8. The quantitative estimate of drug-likeness (QED) is 0.0787. The highest BCUT2D eigenvalue weighted by Gasteiger charge is 2.69. The molecule has 5 saturated heterocycles. The van der Waals surface area contributed by atoms with Crippen molar-refractivity contribution in [2.45, 2.75) is 180 Å². The van der Waals surface area contributed by atoms with E-state index in [0.29, 0.717) is 42.4 Å². The van der Waals surface area contributed by atoms with E-state index < -0.39 is 110 Å². The van der Waals surface area contributed by atoms with E-state index in [1.54, 1.807) is 73.7 Å². The molecule has 8 fully saturated rings. The predicted octanol–water partition coefficient (Wildman–Crippen LogP) is 9.47. The first-order chi connectivity index (χ1) is 40.3. The fourth-order valence-electron chi connectivity index (χ4n) is 15.9. The Labute approximate surface area is 490 Å². The minimum atomic E-state index is -1.73. The first-order valence-electron chi connectivity index (χ1n) is 29.8. The van der Waals surface area contributed by atoms with Crippen LogP contribution in [-0.2, 0) is 71.2 Å². The van der Waals surface area contributed by atoms with Gasteiger partial charge in [0.2, 0.25) is 0 Å². The monoisotopic (exact) mass is 1160 g/mol. The van der Waals surface area contributed by atoms with Crippen LogP contribution < -0.4 is 0 Å². The van der Waals surface area contributed by atoms with Gasteiger partial charge < -0.3 is 56.8 Å². The normalized spacial score (nSPS) is 38.1. The van der Waals surface area contributed by atoms with Crippen LogP contribution in [0.2, 0.25) is 0 Å². The minimum absolute atomic E-state index is 0.0560. The molecular formula is C66H78O18. The van der Waals surface area contributed by atoms with E-state index in [2.05, 4.69) is 39.8 Å². The summed E-state index contributed by atoms with van der Waals surface area (Å²) in [6.45, 7) is 14.6.